The van der Waals surface area contributed by atoms with Crippen molar-refractivity contribution in [2.45, 2.75) is 0 Å². The molecule has 0 bridgehead atoms. The fourth-order valence-corrected chi connectivity index (χ4v) is 3.21. The molecule has 0 atom stereocenters. The van der Waals surface area contributed by atoms with Gasteiger partial charge in [-0.3, -0.25) is 9.48 Å². The maximum absolute atomic E-state index is 11.7. The molecular weight excluding hydrogens is 368 g/mol. The van der Waals surface area contributed by atoms with E-state index in [0.29, 0.717) is 49.9 Å². The minimum absolute atomic E-state index is 0.248. The van der Waals surface area contributed by atoms with Gasteiger partial charge in [-0.15, -0.1) is 0 Å². The van der Waals surface area contributed by atoms with E-state index in [1.807, 2.05) is 25.4 Å². The van der Waals surface area contributed by atoms with E-state index in [2.05, 4.69) is 20.1 Å². The van der Waals surface area contributed by atoms with Crippen LogP contribution < -0.4 is 5.56 Å². The Bertz CT molecular complexity index is 1380. The third-order valence-corrected chi connectivity index (χ3v) is 4.46. The minimum Gasteiger partial charge on any atom is -0.443 e. The highest BCUT2D eigenvalue weighted by Gasteiger charge is 2.18. The Labute approximate surface area is 156 Å². The Balaban J connectivity index is 1.85. The lowest BCUT2D eigenvalue weighted by atomic mass is 10.1. The van der Waals surface area contributed by atoms with Crippen LogP contribution in [0.2, 0.25) is 5.02 Å². The largest absolute Gasteiger partial charge is 0.443 e. The molecule has 1 N–H and O–H groups in total. The zero-order valence-corrected chi connectivity index (χ0v) is 14.7. The van der Waals surface area contributed by atoms with E-state index < -0.39 is 0 Å². The number of aromatic amines is 1. The zero-order valence-electron chi connectivity index (χ0n) is 14.0. The standard InChI is InChI=1S/C18H11ClN6O2/c1-25-5-4-11(24-25)17-15(21-12-2-3-14(26)22-18(12)23-17)9-6-10(19)16-13(7-9)27-8-20-16/h2-8H,1H3,(H,22,23,26). The first-order valence-electron chi connectivity index (χ1n) is 8.03. The summed E-state index contributed by atoms with van der Waals surface area (Å²) in [6, 6.07) is 8.44. The summed E-state index contributed by atoms with van der Waals surface area (Å²) >= 11 is 6.36. The zero-order chi connectivity index (χ0) is 18.5. The summed E-state index contributed by atoms with van der Waals surface area (Å²) in [5.74, 6) is 0. The highest BCUT2D eigenvalue weighted by atomic mass is 35.5. The lowest BCUT2D eigenvalue weighted by Crippen LogP contribution is -2.06. The van der Waals surface area contributed by atoms with Crippen molar-refractivity contribution in [2.75, 3.05) is 0 Å². The van der Waals surface area contributed by atoms with Crippen molar-refractivity contribution in [3.63, 3.8) is 0 Å². The number of aryl methyl sites for hydroxylation is 1. The molecule has 4 heterocycles. The lowest BCUT2D eigenvalue weighted by Gasteiger charge is -2.09. The maximum atomic E-state index is 11.7. The predicted octanol–water partition coefficient (Wildman–Crippen LogP) is 3.18. The van der Waals surface area contributed by atoms with Crippen LogP contribution in [0.15, 0.2) is 52.1 Å². The summed E-state index contributed by atoms with van der Waals surface area (Å²) in [5, 5.41) is 4.88. The number of hydrogen-bond acceptors (Lipinski definition) is 6. The van der Waals surface area contributed by atoms with Gasteiger partial charge in [0.1, 0.15) is 22.4 Å². The van der Waals surface area contributed by atoms with Gasteiger partial charge in [0, 0.05) is 24.9 Å². The number of H-pyrrole nitrogens is 1. The monoisotopic (exact) mass is 378 g/mol. The fourth-order valence-electron chi connectivity index (χ4n) is 2.95. The highest BCUT2D eigenvalue weighted by Crippen LogP contribution is 2.34. The van der Waals surface area contributed by atoms with Gasteiger partial charge in [0.15, 0.2) is 17.6 Å². The van der Waals surface area contributed by atoms with Gasteiger partial charge in [0.05, 0.1) is 10.7 Å². The Morgan fingerprint density at radius 2 is 2.04 bits per heavy atom. The summed E-state index contributed by atoms with van der Waals surface area (Å²) in [7, 11) is 1.82. The van der Waals surface area contributed by atoms with Crippen LogP contribution in [-0.4, -0.2) is 29.7 Å². The van der Waals surface area contributed by atoms with E-state index in [9.17, 15) is 4.79 Å². The van der Waals surface area contributed by atoms with Crippen LogP contribution in [-0.2, 0) is 7.05 Å². The topological polar surface area (TPSA) is 102 Å². The molecule has 27 heavy (non-hydrogen) atoms. The van der Waals surface area contributed by atoms with Crippen LogP contribution in [0.5, 0.6) is 0 Å². The van der Waals surface area contributed by atoms with Crippen molar-refractivity contribution in [2.24, 2.45) is 7.05 Å². The molecule has 0 saturated heterocycles. The van der Waals surface area contributed by atoms with Crippen molar-refractivity contribution >= 4 is 33.9 Å². The lowest BCUT2D eigenvalue weighted by molar-refractivity contribution is 0.602. The molecule has 0 fully saturated rings. The van der Waals surface area contributed by atoms with Crippen LogP contribution in [0, 0.1) is 0 Å². The number of benzene rings is 1. The molecule has 9 heteroatoms. The number of rotatable bonds is 2. The maximum Gasteiger partial charge on any atom is 0.249 e. The smallest absolute Gasteiger partial charge is 0.249 e. The van der Waals surface area contributed by atoms with Crippen molar-refractivity contribution in [3.05, 3.63) is 58.3 Å². The van der Waals surface area contributed by atoms with E-state index in [1.165, 1.54) is 12.5 Å². The van der Waals surface area contributed by atoms with Crippen LogP contribution in [0.4, 0.5) is 0 Å². The van der Waals surface area contributed by atoms with Gasteiger partial charge in [-0.2, -0.15) is 5.10 Å². The van der Waals surface area contributed by atoms with Crippen molar-refractivity contribution in [3.8, 4) is 22.6 Å². The van der Waals surface area contributed by atoms with Crippen LogP contribution >= 0.6 is 11.6 Å². The quantitative estimate of drug-likeness (QED) is 0.506. The number of halogens is 1. The molecule has 0 aliphatic rings. The number of oxazole rings is 1. The molecule has 4 aromatic heterocycles. The molecular formula is C18H11ClN6O2. The number of nitrogens with one attached hydrogen (secondary N) is 1. The van der Waals surface area contributed by atoms with Gasteiger partial charge in [-0.25, -0.2) is 15.0 Å². The van der Waals surface area contributed by atoms with Crippen LogP contribution in [0.1, 0.15) is 0 Å². The van der Waals surface area contributed by atoms with Crippen molar-refractivity contribution < 1.29 is 4.42 Å². The number of fused-ring (bicyclic) bond motifs is 2. The number of nitrogens with zero attached hydrogens (tertiary/aromatic N) is 5. The molecule has 0 aliphatic carbocycles. The Morgan fingerprint density at radius 3 is 2.85 bits per heavy atom. The van der Waals surface area contributed by atoms with Crippen molar-refractivity contribution in [1.29, 1.82) is 0 Å². The normalized spacial score (nSPS) is 11.5. The molecule has 0 spiro atoms. The van der Waals surface area contributed by atoms with Crippen LogP contribution in [0.3, 0.4) is 0 Å². The third kappa shape index (κ3) is 2.58. The number of pyridine rings is 1. The van der Waals surface area contributed by atoms with E-state index in [-0.39, 0.29) is 5.56 Å². The average molecular weight is 379 g/mol. The molecule has 132 valence electrons. The summed E-state index contributed by atoms with van der Waals surface area (Å²) in [6.45, 7) is 0. The minimum atomic E-state index is -0.248. The summed E-state index contributed by atoms with van der Waals surface area (Å²) in [4.78, 5) is 27.8. The molecule has 1 aromatic carbocycles. The second-order valence-electron chi connectivity index (χ2n) is 6.01. The molecule has 0 radical (unpaired) electrons. The second kappa shape index (κ2) is 5.75. The van der Waals surface area contributed by atoms with Crippen LogP contribution in [0.25, 0.3) is 44.9 Å². The fraction of sp³-hybridized carbons (Fsp3) is 0.0556. The van der Waals surface area contributed by atoms with Gasteiger partial charge < -0.3 is 9.40 Å². The van der Waals surface area contributed by atoms with Gasteiger partial charge in [-0.1, -0.05) is 11.6 Å². The summed E-state index contributed by atoms with van der Waals surface area (Å²) < 4.78 is 7.07. The number of hydrogen-bond donors (Lipinski definition) is 1. The summed E-state index contributed by atoms with van der Waals surface area (Å²) in [6.07, 6.45) is 3.15. The molecule has 0 saturated carbocycles. The van der Waals surface area contributed by atoms with Gasteiger partial charge in [0.25, 0.3) is 0 Å². The SMILES string of the molecule is Cn1ccc(-c2nc3[nH]c(=O)ccc3nc2-c2cc(Cl)c3ncoc3c2)n1. The number of aromatic nitrogens is 6. The predicted molar refractivity (Wildman–Crippen MR) is 100 cm³/mol. The Morgan fingerprint density at radius 1 is 1.15 bits per heavy atom. The first kappa shape index (κ1) is 15.7. The molecule has 5 rings (SSSR count). The van der Waals surface area contributed by atoms with E-state index in [4.69, 9.17) is 21.0 Å². The Kier molecular flexibility index (Phi) is 3.34. The van der Waals surface area contributed by atoms with E-state index >= 15 is 0 Å². The first-order chi connectivity index (χ1) is 13.1. The first-order valence-corrected chi connectivity index (χ1v) is 8.40. The van der Waals surface area contributed by atoms with Crippen molar-refractivity contribution in [1.82, 2.24) is 29.7 Å². The second-order valence-corrected chi connectivity index (χ2v) is 6.42. The molecule has 8 nitrogen and oxygen atoms in total. The average Bonchev–Trinajstić information content (AvgIpc) is 3.29. The van der Waals surface area contributed by atoms with Gasteiger partial charge in [-0.05, 0) is 24.3 Å². The highest BCUT2D eigenvalue weighted by molar-refractivity contribution is 6.35. The van der Waals surface area contributed by atoms with Gasteiger partial charge >= 0.3 is 0 Å². The molecule has 0 amide bonds. The molecule has 0 aliphatic heterocycles. The van der Waals surface area contributed by atoms with E-state index in [1.54, 1.807) is 16.8 Å². The van der Waals surface area contributed by atoms with E-state index in [0.717, 1.165) is 0 Å². The Hall–Kier alpha value is -3.52. The summed E-state index contributed by atoms with van der Waals surface area (Å²) in [5.41, 5.74) is 4.27. The van der Waals surface area contributed by atoms with Gasteiger partial charge in [0.2, 0.25) is 5.56 Å². The third-order valence-electron chi connectivity index (χ3n) is 4.18. The molecule has 5 aromatic rings. The molecule has 0 unspecified atom stereocenters.